The largest absolute Gasteiger partial charge is 0.394 e. The predicted molar refractivity (Wildman–Crippen MR) is 77.7 cm³/mol. The average molecular weight is 259 g/mol. The zero-order chi connectivity index (χ0) is 13.9. The van der Waals surface area contributed by atoms with Crippen LogP contribution < -0.4 is 5.73 Å². The summed E-state index contributed by atoms with van der Waals surface area (Å²) in [5.74, 6) is 0. The summed E-state index contributed by atoms with van der Waals surface area (Å²) in [7, 11) is 0. The number of hydrogen-bond donors (Lipinski definition) is 2. The van der Waals surface area contributed by atoms with Crippen molar-refractivity contribution >= 4 is 0 Å². The van der Waals surface area contributed by atoms with Crippen molar-refractivity contribution in [1.29, 1.82) is 0 Å². The summed E-state index contributed by atoms with van der Waals surface area (Å²) in [4.78, 5) is 0. The maximum atomic E-state index is 9.02. The summed E-state index contributed by atoms with van der Waals surface area (Å²) in [6.45, 7) is 7.16. The van der Waals surface area contributed by atoms with Gasteiger partial charge in [-0.05, 0) is 39.5 Å². The van der Waals surface area contributed by atoms with Gasteiger partial charge in [0, 0.05) is 12.1 Å². The number of unbranched alkanes of at least 4 members (excludes halogenated alkanes) is 4. The molecular formula is C15H33NO2. The first-order chi connectivity index (χ1) is 8.52. The molecule has 0 spiro atoms. The van der Waals surface area contributed by atoms with Crippen LogP contribution in [0.1, 0.15) is 72.1 Å². The molecule has 3 N–H and O–H groups in total. The first-order valence-electron chi connectivity index (χ1n) is 7.53. The second-order valence-corrected chi connectivity index (χ2v) is 5.80. The van der Waals surface area contributed by atoms with Gasteiger partial charge >= 0.3 is 0 Å². The van der Waals surface area contributed by atoms with E-state index in [2.05, 4.69) is 13.8 Å². The molecule has 0 aromatic rings. The minimum atomic E-state index is -0.425. The fourth-order valence-corrected chi connectivity index (χ4v) is 1.94. The molecule has 0 saturated heterocycles. The van der Waals surface area contributed by atoms with E-state index in [-0.39, 0.29) is 6.61 Å². The van der Waals surface area contributed by atoms with Crippen molar-refractivity contribution in [2.24, 2.45) is 5.73 Å². The van der Waals surface area contributed by atoms with Gasteiger partial charge in [0.15, 0.2) is 0 Å². The number of hydrogen-bond acceptors (Lipinski definition) is 3. The van der Waals surface area contributed by atoms with E-state index in [1.807, 2.05) is 6.92 Å². The molecule has 0 amide bonds. The average Bonchev–Trinajstić information content (AvgIpc) is 2.34. The molecule has 0 rings (SSSR count). The van der Waals surface area contributed by atoms with Crippen molar-refractivity contribution in [3.63, 3.8) is 0 Å². The van der Waals surface area contributed by atoms with Crippen LogP contribution >= 0.6 is 0 Å². The fourth-order valence-electron chi connectivity index (χ4n) is 1.94. The number of nitrogens with two attached hydrogens (primary N) is 1. The lowest BCUT2D eigenvalue weighted by atomic mass is 9.97. The number of ether oxygens (including phenoxy) is 1. The molecule has 18 heavy (non-hydrogen) atoms. The highest BCUT2D eigenvalue weighted by Gasteiger charge is 2.15. The molecule has 3 heteroatoms. The van der Waals surface area contributed by atoms with Gasteiger partial charge in [0.1, 0.15) is 0 Å². The van der Waals surface area contributed by atoms with Crippen molar-refractivity contribution in [1.82, 2.24) is 0 Å². The fraction of sp³-hybridized carbons (Fsp3) is 1.00. The van der Waals surface area contributed by atoms with Crippen molar-refractivity contribution < 1.29 is 9.84 Å². The zero-order valence-corrected chi connectivity index (χ0v) is 12.6. The summed E-state index contributed by atoms with van der Waals surface area (Å²) in [5.41, 5.74) is 5.44. The summed E-state index contributed by atoms with van der Waals surface area (Å²) < 4.78 is 5.77. The van der Waals surface area contributed by atoms with Gasteiger partial charge in [-0.15, -0.1) is 0 Å². The van der Waals surface area contributed by atoms with E-state index in [0.29, 0.717) is 6.10 Å². The van der Waals surface area contributed by atoms with Crippen molar-refractivity contribution in [2.75, 3.05) is 13.2 Å². The summed E-state index contributed by atoms with van der Waals surface area (Å²) >= 11 is 0. The standard InChI is InChI=1S/C15H33NO2/c1-4-5-6-7-10-14(2)18-12-9-8-11-15(3,16)13-17/h14,17H,4-13,16H2,1-3H3. The summed E-state index contributed by atoms with van der Waals surface area (Å²) in [5, 5.41) is 9.02. The molecule has 0 aromatic heterocycles. The SMILES string of the molecule is CCCCCCC(C)OCCCCC(C)(N)CO. The van der Waals surface area contributed by atoms with Crippen LogP contribution in [0.25, 0.3) is 0 Å². The lowest BCUT2D eigenvalue weighted by Gasteiger charge is -2.21. The van der Waals surface area contributed by atoms with E-state index in [9.17, 15) is 0 Å². The van der Waals surface area contributed by atoms with Crippen LogP contribution in [0.4, 0.5) is 0 Å². The summed E-state index contributed by atoms with van der Waals surface area (Å²) in [6, 6.07) is 0. The zero-order valence-electron chi connectivity index (χ0n) is 12.6. The molecule has 0 aromatic carbocycles. The van der Waals surface area contributed by atoms with Crippen molar-refractivity contribution in [2.45, 2.75) is 83.8 Å². The predicted octanol–water partition coefficient (Wildman–Crippen LogP) is 3.24. The topological polar surface area (TPSA) is 55.5 Å². The third-order valence-corrected chi connectivity index (χ3v) is 3.37. The summed E-state index contributed by atoms with van der Waals surface area (Å²) in [6.07, 6.45) is 9.70. The Labute approximate surface area is 113 Å². The van der Waals surface area contributed by atoms with Gasteiger partial charge in [-0.2, -0.15) is 0 Å². The van der Waals surface area contributed by atoms with E-state index < -0.39 is 5.54 Å². The Morgan fingerprint density at radius 3 is 2.50 bits per heavy atom. The maximum Gasteiger partial charge on any atom is 0.0608 e. The second-order valence-electron chi connectivity index (χ2n) is 5.80. The molecule has 0 bridgehead atoms. The third kappa shape index (κ3) is 11.0. The molecule has 0 radical (unpaired) electrons. The minimum Gasteiger partial charge on any atom is -0.394 e. The molecule has 0 saturated carbocycles. The van der Waals surface area contributed by atoms with E-state index in [0.717, 1.165) is 25.9 Å². The van der Waals surface area contributed by atoms with Gasteiger partial charge in [0.2, 0.25) is 0 Å². The monoisotopic (exact) mass is 259 g/mol. The van der Waals surface area contributed by atoms with E-state index in [4.69, 9.17) is 15.6 Å². The highest BCUT2D eigenvalue weighted by molar-refractivity contribution is 4.76. The molecule has 0 heterocycles. The number of aliphatic hydroxyl groups is 1. The second kappa shape index (κ2) is 10.8. The minimum absolute atomic E-state index is 0.0572. The van der Waals surface area contributed by atoms with Crippen LogP contribution in [-0.2, 0) is 4.74 Å². The smallest absolute Gasteiger partial charge is 0.0608 e. The van der Waals surface area contributed by atoms with Gasteiger partial charge in [-0.3, -0.25) is 0 Å². The maximum absolute atomic E-state index is 9.02. The van der Waals surface area contributed by atoms with Gasteiger partial charge in [-0.25, -0.2) is 0 Å². The molecule has 0 fully saturated rings. The van der Waals surface area contributed by atoms with Crippen LogP contribution in [0.2, 0.25) is 0 Å². The first kappa shape index (κ1) is 17.9. The van der Waals surface area contributed by atoms with E-state index in [1.165, 1.54) is 32.1 Å². The molecule has 0 aliphatic heterocycles. The molecule has 0 aliphatic rings. The lowest BCUT2D eigenvalue weighted by molar-refractivity contribution is 0.0545. The Bertz CT molecular complexity index is 183. The van der Waals surface area contributed by atoms with Crippen molar-refractivity contribution in [3.05, 3.63) is 0 Å². The quantitative estimate of drug-likeness (QED) is 0.529. The van der Waals surface area contributed by atoms with Crippen LogP contribution in [-0.4, -0.2) is 30.0 Å². The Morgan fingerprint density at radius 1 is 1.17 bits per heavy atom. The van der Waals surface area contributed by atoms with E-state index >= 15 is 0 Å². The Morgan fingerprint density at radius 2 is 1.89 bits per heavy atom. The van der Waals surface area contributed by atoms with E-state index in [1.54, 1.807) is 0 Å². The Balaban J connectivity index is 3.32. The van der Waals surface area contributed by atoms with Gasteiger partial charge < -0.3 is 15.6 Å². The molecule has 2 unspecified atom stereocenters. The van der Waals surface area contributed by atoms with Crippen molar-refractivity contribution in [3.8, 4) is 0 Å². The Hall–Kier alpha value is -0.120. The molecule has 110 valence electrons. The number of rotatable bonds is 12. The molecule has 3 nitrogen and oxygen atoms in total. The molecule has 2 atom stereocenters. The Kier molecular flexibility index (Phi) is 10.7. The van der Waals surface area contributed by atoms with Crippen LogP contribution in [0.3, 0.4) is 0 Å². The van der Waals surface area contributed by atoms with Gasteiger partial charge in [0.05, 0.1) is 12.7 Å². The molecule has 0 aliphatic carbocycles. The lowest BCUT2D eigenvalue weighted by Crippen LogP contribution is -2.39. The van der Waals surface area contributed by atoms with Gasteiger partial charge in [0.25, 0.3) is 0 Å². The van der Waals surface area contributed by atoms with Crippen LogP contribution in [0, 0.1) is 0 Å². The molecular weight excluding hydrogens is 226 g/mol. The third-order valence-electron chi connectivity index (χ3n) is 3.37. The van der Waals surface area contributed by atoms with Gasteiger partial charge in [-0.1, -0.05) is 32.6 Å². The highest BCUT2D eigenvalue weighted by atomic mass is 16.5. The number of aliphatic hydroxyl groups excluding tert-OH is 1. The van der Waals surface area contributed by atoms with Crippen LogP contribution in [0.5, 0.6) is 0 Å². The first-order valence-corrected chi connectivity index (χ1v) is 7.53. The normalized spacial score (nSPS) is 16.5. The highest BCUT2D eigenvalue weighted by Crippen LogP contribution is 2.11. The van der Waals surface area contributed by atoms with Crippen LogP contribution in [0.15, 0.2) is 0 Å².